The first-order valence-corrected chi connectivity index (χ1v) is 9.95. The molecule has 1 amide bonds. The number of aryl methyl sites for hydroxylation is 1. The summed E-state index contributed by atoms with van der Waals surface area (Å²) in [5.41, 5.74) is 2.59. The molecule has 0 unspecified atom stereocenters. The molecule has 0 atom stereocenters. The van der Waals surface area contributed by atoms with Gasteiger partial charge in [-0.15, -0.1) is 0 Å². The molecule has 0 bridgehead atoms. The summed E-state index contributed by atoms with van der Waals surface area (Å²) in [6, 6.07) is 13.8. The molecular weight excluding hydrogens is 411 g/mol. The van der Waals surface area contributed by atoms with Gasteiger partial charge in [0.1, 0.15) is 6.61 Å². The first-order valence-electron chi connectivity index (χ1n) is 9.95. The molecule has 9 heteroatoms. The van der Waals surface area contributed by atoms with Gasteiger partial charge in [-0.3, -0.25) is 10.1 Å². The van der Waals surface area contributed by atoms with Gasteiger partial charge >= 0.3 is 6.18 Å². The van der Waals surface area contributed by atoms with Gasteiger partial charge < -0.3 is 14.0 Å². The maximum absolute atomic E-state index is 12.7. The van der Waals surface area contributed by atoms with Crippen LogP contribution in [0.15, 0.2) is 48.5 Å². The molecule has 0 aliphatic carbocycles. The van der Waals surface area contributed by atoms with Crippen molar-refractivity contribution < 1.29 is 27.4 Å². The number of alkyl halides is 3. The van der Waals surface area contributed by atoms with Crippen LogP contribution in [-0.4, -0.2) is 41.5 Å². The van der Waals surface area contributed by atoms with Crippen LogP contribution in [0, 0.1) is 0 Å². The molecule has 0 aliphatic heterocycles. The third-order valence-electron chi connectivity index (χ3n) is 4.50. The quantitative estimate of drug-likeness (QED) is 0.465. The number of amides is 1. The van der Waals surface area contributed by atoms with E-state index >= 15 is 0 Å². The second kappa shape index (κ2) is 10.4. The number of aromatic nitrogens is 2. The van der Waals surface area contributed by atoms with Crippen LogP contribution in [0.5, 0.6) is 0 Å². The first kappa shape index (κ1) is 22.8. The Morgan fingerprint density at radius 3 is 2.55 bits per heavy atom. The molecule has 0 saturated heterocycles. The third-order valence-corrected chi connectivity index (χ3v) is 4.50. The fourth-order valence-corrected chi connectivity index (χ4v) is 3.08. The van der Waals surface area contributed by atoms with E-state index in [0.29, 0.717) is 36.8 Å². The summed E-state index contributed by atoms with van der Waals surface area (Å²) in [6.45, 7) is 2.32. The molecule has 3 rings (SSSR count). The molecule has 0 aliphatic rings. The van der Waals surface area contributed by atoms with E-state index in [4.69, 9.17) is 4.74 Å². The second-order valence-electron chi connectivity index (χ2n) is 6.89. The number of imidazole rings is 1. The SMILES string of the molecule is CCOCCCn1c(NC(=O)c2ccc(COCC(F)(F)F)cc2)nc2ccccc21. The molecule has 0 fully saturated rings. The minimum Gasteiger partial charge on any atom is -0.382 e. The van der Waals surface area contributed by atoms with Crippen LogP contribution < -0.4 is 5.32 Å². The van der Waals surface area contributed by atoms with Gasteiger partial charge in [0.05, 0.1) is 17.6 Å². The van der Waals surface area contributed by atoms with Gasteiger partial charge in [0.25, 0.3) is 5.91 Å². The number of nitrogens with zero attached hydrogens (tertiary/aromatic N) is 2. The number of anilines is 1. The lowest BCUT2D eigenvalue weighted by Crippen LogP contribution is -2.17. The van der Waals surface area contributed by atoms with Crippen LogP contribution in [0.1, 0.15) is 29.3 Å². The smallest absolute Gasteiger partial charge is 0.382 e. The summed E-state index contributed by atoms with van der Waals surface area (Å²) in [7, 11) is 0. The molecular formula is C22H24F3N3O3. The lowest BCUT2D eigenvalue weighted by molar-refractivity contribution is -0.176. The fraction of sp³-hybridized carbons (Fsp3) is 0.364. The van der Waals surface area contributed by atoms with Crippen molar-refractivity contribution in [2.45, 2.75) is 32.7 Å². The molecule has 1 aromatic heterocycles. The number of ether oxygens (including phenoxy) is 2. The normalized spacial score (nSPS) is 11.7. The summed E-state index contributed by atoms with van der Waals surface area (Å²) in [6.07, 6.45) is -3.60. The summed E-state index contributed by atoms with van der Waals surface area (Å²) in [5, 5.41) is 2.83. The van der Waals surface area contributed by atoms with E-state index < -0.39 is 12.8 Å². The zero-order chi connectivity index (χ0) is 22.3. The van der Waals surface area contributed by atoms with Crippen molar-refractivity contribution in [1.29, 1.82) is 0 Å². The number of rotatable bonds is 10. The maximum atomic E-state index is 12.7. The standard InChI is InChI=1S/C22H24F3N3O3/c1-2-30-13-5-12-28-19-7-4-3-6-18(19)26-21(28)27-20(29)17-10-8-16(9-11-17)14-31-15-22(23,24)25/h3-4,6-11H,2,5,12-15H2,1H3,(H,26,27,29). The van der Waals surface area contributed by atoms with Gasteiger partial charge in [-0.2, -0.15) is 13.2 Å². The van der Waals surface area contributed by atoms with E-state index in [-0.39, 0.29) is 12.5 Å². The Morgan fingerprint density at radius 2 is 1.84 bits per heavy atom. The van der Waals surface area contributed by atoms with Crippen LogP contribution in [0.25, 0.3) is 11.0 Å². The second-order valence-corrected chi connectivity index (χ2v) is 6.89. The fourth-order valence-electron chi connectivity index (χ4n) is 3.08. The number of para-hydroxylation sites is 2. The molecule has 0 spiro atoms. The number of carbonyl (C=O) groups is 1. The lowest BCUT2D eigenvalue weighted by atomic mass is 10.1. The maximum Gasteiger partial charge on any atom is 0.411 e. The molecule has 0 radical (unpaired) electrons. The van der Waals surface area contributed by atoms with Gasteiger partial charge in [-0.25, -0.2) is 4.98 Å². The summed E-state index contributed by atoms with van der Waals surface area (Å²) >= 11 is 0. The van der Waals surface area contributed by atoms with Gasteiger partial charge in [-0.05, 0) is 43.2 Å². The highest BCUT2D eigenvalue weighted by Crippen LogP contribution is 2.21. The predicted octanol–water partition coefficient (Wildman–Crippen LogP) is 4.79. The predicted molar refractivity (Wildman–Crippen MR) is 111 cm³/mol. The number of carbonyl (C=O) groups excluding carboxylic acids is 1. The Bertz CT molecular complexity index is 1000. The number of halogens is 3. The van der Waals surface area contributed by atoms with Crippen LogP contribution in [0.2, 0.25) is 0 Å². The Morgan fingerprint density at radius 1 is 1.10 bits per heavy atom. The zero-order valence-corrected chi connectivity index (χ0v) is 17.1. The van der Waals surface area contributed by atoms with Gasteiger partial charge in [0.2, 0.25) is 5.95 Å². The number of nitrogens with one attached hydrogen (secondary N) is 1. The van der Waals surface area contributed by atoms with Crippen molar-refractivity contribution in [3.63, 3.8) is 0 Å². The average molecular weight is 435 g/mol. The van der Waals surface area contributed by atoms with Gasteiger partial charge in [0, 0.05) is 25.3 Å². The Labute approximate surface area is 178 Å². The molecule has 1 heterocycles. The van der Waals surface area contributed by atoms with Crippen LogP contribution in [0.4, 0.5) is 19.1 Å². The molecule has 166 valence electrons. The number of hydrogen-bond acceptors (Lipinski definition) is 4. The number of benzene rings is 2. The Hall–Kier alpha value is -2.91. The summed E-state index contributed by atoms with van der Waals surface area (Å²) < 4.78 is 48.5. The highest BCUT2D eigenvalue weighted by molar-refractivity contribution is 6.04. The van der Waals surface area contributed by atoms with Crippen molar-refractivity contribution in [2.75, 3.05) is 25.1 Å². The van der Waals surface area contributed by atoms with Crippen molar-refractivity contribution in [3.05, 3.63) is 59.7 Å². The van der Waals surface area contributed by atoms with Gasteiger partial charge in [0.15, 0.2) is 0 Å². The van der Waals surface area contributed by atoms with Crippen LogP contribution in [-0.2, 0) is 22.6 Å². The lowest BCUT2D eigenvalue weighted by Gasteiger charge is -2.11. The van der Waals surface area contributed by atoms with Crippen molar-refractivity contribution in [1.82, 2.24) is 9.55 Å². The van der Waals surface area contributed by atoms with Crippen molar-refractivity contribution >= 4 is 22.9 Å². The molecule has 0 saturated carbocycles. The van der Waals surface area contributed by atoms with E-state index in [1.165, 1.54) is 0 Å². The third kappa shape index (κ3) is 6.53. The minimum atomic E-state index is -4.37. The van der Waals surface area contributed by atoms with E-state index in [9.17, 15) is 18.0 Å². The first-order chi connectivity index (χ1) is 14.9. The molecule has 1 N–H and O–H groups in total. The molecule has 6 nitrogen and oxygen atoms in total. The van der Waals surface area contributed by atoms with E-state index in [1.807, 2.05) is 35.8 Å². The van der Waals surface area contributed by atoms with Crippen molar-refractivity contribution in [2.24, 2.45) is 0 Å². The number of hydrogen-bond donors (Lipinski definition) is 1. The Balaban J connectivity index is 1.68. The molecule has 2 aromatic carbocycles. The topological polar surface area (TPSA) is 65.4 Å². The number of fused-ring (bicyclic) bond motifs is 1. The van der Waals surface area contributed by atoms with E-state index in [1.54, 1.807) is 24.3 Å². The monoisotopic (exact) mass is 435 g/mol. The average Bonchev–Trinajstić information content (AvgIpc) is 3.08. The van der Waals surface area contributed by atoms with Crippen molar-refractivity contribution in [3.8, 4) is 0 Å². The summed E-state index contributed by atoms with van der Waals surface area (Å²) in [5.74, 6) is 0.0735. The minimum absolute atomic E-state index is 0.183. The highest BCUT2D eigenvalue weighted by atomic mass is 19.4. The molecule has 31 heavy (non-hydrogen) atoms. The van der Waals surface area contributed by atoms with Crippen LogP contribution in [0.3, 0.4) is 0 Å². The van der Waals surface area contributed by atoms with E-state index in [2.05, 4.69) is 15.0 Å². The van der Waals surface area contributed by atoms with Crippen LogP contribution >= 0.6 is 0 Å². The van der Waals surface area contributed by atoms with E-state index in [0.717, 1.165) is 17.5 Å². The Kier molecular flexibility index (Phi) is 7.64. The largest absolute Gasteiger partial charge is 0.411 e. The molecule has 3 aromatic rings. The zero-order valence-electron chi connectivity index (χ0n) is 17.1. The summed E-state index contributed by atoms with van der Waals surface area (Å²) in [4.78, 5) is 17.2. The van der Waals surface area contributed by atoms with Gasteiger partial charge in [-0.1, -0.05) is 24.3 Å². The highest BCUT2D eigenvalue weighted by Gasteiger charge is 2.27.